The molecule has 3 rings (SSSR count). The Labute approximate surface area is 158 Å². The zero-order chi connectivity index (χ0) is 19.4. The highest BCUT2D eigenvalue weighted by Crippen LogP contribution is 2.31. The summed E-state index contributed by atoms with van der Waals surface area (Å²) in [7, 11) is 3.22. The maximum atomic E-state index is 14.3. The van der Waals surface area contributed by atoms with Crippen molar-refractivity contribution in [3.05, 3.63) is 58.9 Å². The minimum absolute atomic E-state index is 0.0522. The first-order valence-corrected chi connectivity index (χ1v) is 9.02. The summed E-state index contributed by atoms with van der Waals surface area (Å²) >= 11 is 0. The summed E-state index contributed by atoms with van der Waals surface area (Å²) in [6, 6.07) is 10.0. The van der Waals surface area contributed by atoms with E-state index in [9.17, 15) is 9.18 Å². The predicted molar refractivity (Wildman–Crippen MR) is 101 cm³/mol. The van der Waals surface area contributed by atoms with Crippen molar-refractivity contribution in [1.82, 2.24) is 10.6 Å². The van der Waals surface area contributed by atoms with Gasteiger partial charge in [0.25, 0.3) is 0 Å². The van der Waals surface area contributed by atoms with Crippen LogP contribution in [-0.4, -0.2) is 26.2 Å². The summed E-state index contributed by atoms with van der Waals surface area (Å²) in [5.74, 6) is 0.998. The van der Waals surface area contributed by atoms with Crippen molar-refractivity contribution >= 4 is 5.91 Å². The first-order chi connectivity index (χ1) is 13.0. The monoisotopic (exact) mass is 372 g/mol. The van der Waals surface area contributed by atoms with E-state index in [1.165, 1.54) is 6.07 Å². The van der Waals surface area contributed by atoms with Crippen molar-refractivity contribution in [1.29, 1.82) is 0 Å². The molecule has 0 radical (unpaired) electrons. The minimum atomic E-state index is -0.395. The van der Waals surface area contributed by atoms with Crippen LogP contribution in [0.1, 0.15) is 35.6 Å². The highest BCUT2D eigenvalue weighted by Gasteiger charge is 2.31. The third-order valence-corrected chi connectivity index (χ3v) is 5.04. The van der Waals surface area contributed by atoms with Crippen molar-refractivity contribution in [2.24, 2.45) is 0 Å². The molecule has 1 heterocycles. The molecule has 0 aromatic heterocycles. The van der Waals surface area contributed by atoms with Gasteiger partial charge in [0.2, 0.25) is 5.91 Å². The second-order valence-electron chi connectivity index (χ2n) is 6.73. The van der Waals surface area contributed by atoms with Crippen LogP contribution >= 0.6 is 0 Å². The number of piperidine rings is 1. The zero-order valence-electron chi connectivity index (χ0n) is 15.8. The van der Waals surface area contributed by atoms with E-state index in [4.69, 9.17) is 9.47 Å². The zero-order valence-corrected chi connectivity index (χ0v) is 15.8. The molecule has 1 aliphatic rings. The van der Waals surface area contributed by atoms with Crippen LogP contribution in [-0.2, 0) is 11.3 Å². The Balaban J connectivity index is 1.79. The van der Waals surface area contributed by atoms with Crippen molar-refractivity contribution < 1.29 is 18.7 Å². The second-order valence-corrected chi connectivity index (χ2v) is 6.73. The Morgan fingerprint density at radius 1 is 1.19 bits per heavy atom. The van der Waals surface area contributed by atoms with Crippen LogP contribution in [0, 0.1) is 12.7 Å². The Bertz CT molecular complexity index is 825. The van der Waals surface area contributed by atoms with Crippen molar-refractivity contribution in [3.63, 3.8) is 0 Å². The van der Waals surface area contributed by atoms with Crippen LogP contribution in [0.15, 0.2) is 36.4 Å². The molecular formula is C21H25FN2O3. The maximum absolute atomic E-state index is 14.3. The average molecular weight is 372 g/mol. The molecule has 1 aliphatic heterocycles. The summed E-state index contributed by atoms with van der Waals surface area (Å²) in [6.45, 7) is 2.59. The molecule has 2 aromatic carbocycles. The molecule has 2 atom stereocenters. The van der Waals surface area contributed by atoms with E-state index in [0.29, 0.717) is 36.4 Å². The Kier molecular flexibility index (Phi) is 5.96. The fraction of sp³-hybridized carbons (Fsp3) is 0.381. The summed E-state index contributed by atoms with van der Waals surface area (Å²) in [4.78, 5) is 11.9. The number of aryl methyl sites for hydroxylation is 1. The molecular weight excluding hydrogens is 347 g/mol. The van der Waals surface area contributed by atoms with E-state index in [1.807, 2.05) is 19.1 Å². The first-order valence-electron chi connectivity index (χ1n) is 9.02. The summed E-state index contributed by atoms with van der Waals surface area (Å²) in [5.41, 5.74) is 2.64. The van der Waals surface area contributed by atoms with E-state index >= 15 is 0 Å². The summed E-state index contributed by atoms with van der Waals surface area (Å²) < 4.78 is 25.0. The molecule has 0 spiro atoms. The number of ether oxygens (including phenoxy) is 2. The van der Waals surface area contributed by atoms with Gasteiger partial charge in [0, 0.05) is 24.6 Å². The van der Waals surface area contributed by atoms with E-state index in [1.54, 1.807) is 32.4 Å². The van der Waals surface area contributed by atoms with Crippen molar-refractivity contribution in [2.75, 3.05) is 14.2 Å². The third-order valence-electron chi connectivity index (χ3n) is 5.04. The van der Waals surface area contributed by atoms with E-state index in [2.05, 4.69) is 10.6 Å². The number of benzene rings is 2. The van der Waals surface area contributed by atoms with Gasteiger partial charge in [0.1, 0.15) is 5.82 Å². The van der Waals surface area contributed by atoms with E-state index < -0.39 is 6.04 Å². The number of nitrogens with one attached hydrogen (secondary N) is 2. The molecule has 2 N–H and O–H groups in total. The Hall–Kier alpha value is -2.60. The number of carbonyl (C=O) groups is 1. The molecule has 27 heavy (non-hydrogen) atoms. The standard InChI is InChI=1S/C21H25FN2O3/c1-13-10-18(26-2)19(27-3)11-14(13)12-23-17-8-9-20(25)24-21(17)15-6-4-5-7-16(15)22/h4-7,10-11,17,21,23H,8-9,12H2,1-3H3,(H,24,25)/t17-,21+/m1/s1. The van der Waals surface area contributed by atoms with Gasteiger partial charge in [0.05, 0.1) is 20.3 Å². The molecule has 1 fully saturated rings. The van der Waals surface area contributed by atoms with Gasteiger partial charge in [-0.2, -0.15) is 0 Å². The fourth-order valence-electron chi connectivity index (χ4n) is 3.50. The van der Waals surface area contributed by atoms with Gasteiger partial charge in [-0.3, -0.25) is 4.79 Å². The highest BCUT2D eigenvalue weighted by molar-refractivity contribution is 5.77. The van der Waals surface area contributed by atoms with Gasteiger partial charge in [-0.1, -0.05) is 18.2 Å². The number of amides is 1. The lowest BCUT2D eigenvalue weighted by atomic mass is 9.91. The normalized spacial score (nSPS) is 19.5. The summed E-state index contributed by atoms with van der Waals surface area (Å²) in [5, 5.41) is 6.42. The van der Waals surface area contributed by atoms with Crippen molar-refractivity contribution in [2.45, 2.75) is 38.4 Å². The van der Waals surface area contributed by atoms with Gasteiger partial charge >= 0.3 is 0 Å². The highest BCUT2D eigenvalue weighted by atomic mass is 19.1. The number of hydrogen-bond acceptors (Lipinski definition) is 4. The Morgan fingerprint density at radius 2 is 1.89 bits per heavy atom. The van der Waals surface area contributed by atoms with Gasteiger partial charge in [-0.25, -0.2) is 4.39 Å². The van der Waals surface area contributed by atoms with Gasteiger partial charge in [0.15, 0.2) is 11.5 Å². The number of rotatable bonds is 6. The van der Waals surface area contributed by atoms with E-state index in [0.717, 1.165) is 11.1 Å². The molecule has 2 aromatic rings. The van der Waals surface area contributed by atoms with Crippen LogP contribution in [0.2, 0.25) is 0 Å². The molecule has 1 amide bonds. The summed E-state index contributed by atoms with van der Waals surface area (Å²) in [6.07, 6.45) is 1.07. The molecule has 0 saturated carbocycles. The van der Waals surface area contributed by atoms with E-state index in [-0.39, 0.29) is 17.8 Å². The lowest BCUT2D eigenvalue weighted by molar-refractivity contribution is -0.123. The number of halogens is 1. The van der Waals surface area contributed by atoms with Crippen LogP contribution < -0.4 is 20.1 Å². The molecule has 1 saturated heterocycles. The van der Waals surface area contributed by atoms with Crippen LogP contribution in [0.25, 0.3) is 0 Å². The average Bonchev–Trinajstić information content (AvgIpc) is 2.68. The molecule has 0 bridgehead atoms. The lowest BCUT2D eigenvalue weighted by Crippen LogP contribution is -2.48. The maximum Gasteiger partial charge on any atom is 0.220 e. The fourth-order valence-corrected chi connectivity index (χ4v) is 3.50. The smallest absolute Gasteiger partial charge is 0.220 e. The number of carbonyl (C=O) groups excluding carboxylic acids is 1. The molecule has 6 heteroatoms. The topological polar surface area (TPSA) is 59.6 Å². The minimum Gasteiger partial charge on any atom is -0.493 e. The Morgan fingerprint density at radius 3 is 2.59 bits per heavy atom. The van der Waals surface area contributed by atoms with Gasteiger partial charge in [-0.15, -0.1) is 0 Å². The predicted octanol–water partition coefficient (Wildman–Crippen LogP) is 3.26. The molecule has 0 aliphatic carbocycles. The second kappa shape index (κ2) is 8.39. The molecule has 144 valence electrons. The SMILES string of the molecule is COc1cc(C)c(CN[C@@H]2CCC(=O)N[C@H]2c2ccccc2F)cc1OC. The van der Waals surface area contributed by atoms with Crippen LogP contribution in [0.5, 0.6) is 11.5 Å². The quantitative estimate of drug-likeness (QED) is 0.817. The molecule has 0 unspecified atom stereocenters. The largest absolute Gasteiger partial charge is 0.493 e. The molecule has 5 nitrogen and oxygen atoms in total. The first kappa shape index (κ1) is 19.2. The third kappa shape index (κ3) is 4.22. The number of methoxy groups -OCH3 is 2. The van der Waals surface area contributed by atoms with Gasteiger partial charge < -0.3 is 20.1 Å². The van der Waals surface area contributed by atoms with Crippen LogP contribution in [0.3, 0.4) is 0 Å². The van der Waals surface area contributed by atoms with Crippen molar-refractivity contribution in [3.8, 4) is 11.5 Å². The number of hydrogen-bond donors (Lipinski definition) is 2. The van der Waals surface area contributed by atoms with Crippen LogP contribution in [0.4, 0.5) is 4.39 Å². The lowest BCUT2D eigenvalue weighted by Gasteiger charge is -2.33. The van der Waals surface area contributed by atoms with Gasteiger partial charge in [-0.05, 0) is 42.7 Å².